The second-order valence-corrected chi connectivity index (χ2v) is 7.23. The van der Waals surface area contributed by atoms with Crippen LogP contribution < -0.4 is 0 Å². The Morgan fingerprint density at radius 1 is 1.40 bits per heavy atom. The minimum Gasteiger partial charge on any atom is -0.481 e. The van der Waals surface area contributed by atoms with E-state index in [1.807, 2.05) is 27.0 Å². The summed E-state index contributed by atoms with van der Waals surface area (Å²) in [4.78, 5) is 25.1. The molecule has 1 heterocycles. The van der Waals surface area contributed by atoms with Crippen LogP contribution >= 0.6 is 11.8 Å². The Hall–Kier alpha value is -0.910. The number of carboxylic acid groups (broad SMARTS) is 1. The number of carbonyl (C=O) groups is 2. The first-order chi connectivity index (χ1) is 9.17. The van der Waals surface area contributed by atoms with Crippen LogP contribution in [0.25, 0.3) is 0 Å². The zero-order chi connectivity index (χ0) is 15.5. The Balaban J connectivity index is 2.82. The van der Waals surface area contributed by atoms with Crippen molar-refractivity contribution in [3.8, 4) is 0 Å². The number of carbonyl (C=O) groups excluding carboxylic acids is 1. The Morgan fingerprint density at radius 3 is 2.45 bits per heavy atom. The van der Waals surface area contributed by atoms with Crippen LogP contribution in [-0.2, 0) is 9.53 Å². The Kier molecular flexibility index (Phi) is 5.74. The Labute approximate surface area is 125 Å². The summed E-state index contributed by atoms with van der Waals surface area (Å²) < 4.78 is 5.42. The largest absolute Gasteiger partial charge is 0.481 e. The molecule has 0 bridgehead atoms. The number of amides is 1. The minimum absolute atomic E-state index is 0.0639. The van der Waals surface area contributed by atoms with E-state index in [4.69, 9.17) is 4.74 Å². The van der Waals surface area contributed by atoms with E-state index in [1.165, 1.54) is 11.8 Å². The van der Waals surface area contributed by atoms with Gasteiger partial charge in [-0.15, -0.1) is 0 Å². The highest BCUT2D eigenvalue weighted by molar-refractivity contribution is 7.99. The van der Waals surface area contributed by atoms with E-state index in [9.17, 15) is 14.7 Å². The van der Waals surface area contributed by atoms with Crippen molar-refractivity contribution in [2.45, 2.75) is 57.4 Å². The van der Waals surface area contributed by atoms with E-state index in [0.717, 1.165) is 12.8 Å². The van der Waals surface area contributed by atoms with Gasteiger partial charge in [0.15, 0.2) is 0 Å². The van der Waals surface area contributed by atoms with E-state index in [2.05, 4.69) is 0 Å². The highest BCUT2D eigenvalue weighted by atomic mass is 32.2. The summed E-state index contributed by atoms with van der Waals surface area (Å²) in [6.07, 6.45) is 3.29. The van der Waals surface area contributed by atoms with Crippen molar-refractivity contribution < 1.29 is 19.4 Å². The van der Waals surface area contributed by atoms with Crippen molar-refractivity contribution in [1.82, 2.24) is 4.90 Å². The van der Waals surface area contributed by atoms with Crippen LogP contribution in [0, 0.1) is 5.92 Å². The summed E-state index contributed by atoms with van der Waals surface area (Å²) in [5, 5.41) is 9.10. The molecule has 5 nitrogen and oxygen atoms in total. The van der Waals surface area contributed by atoms with Crippen LogP contribution in [0.2, 0.25) is 0 Å². The molecule has 0 spiro atoms. The summed E-state index contributed by atoms with van der Waals surface area (Å²) in [6.45, 7) is 7.85. The third kappa shape index (κ3) is 4.30. The molecule has 3 atom stereocenters. The van der Waals surface area contributed by atoms with E-state index >= 15 is 0 Å². The van der Waals surface area contributed by atoms with Crippen LogP contribution in [-0.4, -0.2) is 51.8 Å². The van der Waals surface area contributed by atoms with E-state index in [-0.39, 0.29) is 17.4 Å². The molecular weight excluding hydrogens is 278 g/mol. The fourth-order valence-electron chi connectivity index (χ4n) is 2.52. The molecule has 0 aliphatic carbocycles. The molecule has 1 aliphatic heterocycles. The van der Waals surface area contributed by atoms with Crippen LogP contribution in [0.5, 0.6) is 0 Å². The fourth-order valence-corrected chi connectivity index (χ4v) is 3.64. The lowest BCUT2D eigenvalue weighted by atomic mass is 9.99. The summed E-state index contributed by atoms with van der Waals surface area (Å²) >= 11 is 1.51. The van der Waals surface area contributed by atoms with Gasteiger partial charge in [-0.1, -0.05) is 6.92 Å². The molecule has 0 aromatic heterocycles. The maximum absolute atomic E-state index is 12.2. The molecule has 0 aromatic rings. The fraction of sp³-hybridized carbons (Fsp3) is 0.857. The number of likely N-dealkylation sites (tertiary alicyclic amines) is 1. The molecule has 0 aromatic carbocycles. The second kappa shape index (κ2) is 6.70. The molecule has 1 fully saturated rings. The number of hydrogen-bond acceptors (Lipinski definition) is 4. The van der Waals surface area contributed by atoms with Gasteiger partial charge in [0.05, 0.1) is 5.92 Å². The van der Waals surface area contributed by atoms with Crippen molar-refractivity contribution in [2.75, 3.05) is 12.8 Å². The summed E-state index contributed by atoms with van der Waals surface area (Å²) in [6, 6.07) is -0.0639. The normalized spacial score (nSPS) is 22.4. The lowest BCUT2D eigenvalue weighted by Crippen LogP contribution is -2.47. The quantitative estimate of drug-likeness (QED) is 0.865. The molecule has 1 saturated heterocycles. The number of carboxylic acids is 1. The van der Waals surface area contributed by atoms with Gasteiger partial charge in [0, 0.05) is 17.8 Å². The van der Waals surface area contributed by atoms with Gasteiger partial charge < -0.3 is 14.7 Å². The first-order valence-corrected chi connectivity index (χ1v) is 8.21. The third-order valence-electron chi connectivity index (χ3n) is 3.46. The monoisotopic (exact) mass is 303 g/mol. The van der Waals surface area contributed by atoms with E-state index in [0.29, 0.717) is 6.54 Å². The highest BCUT2D eigenvalue weighted by Gasteiger charge is 2.40. The van der Waals surface area contributed by atoms with Crippen molar-refractivity contribution in [3.63, 3.8) is 0 Å². The number of thioether (sulfide) groups is 1. The zero-order valence-corrected chi connectivity index (χ0v) is 13.7. The van der Waals surface area contributed by atoms with Crippen LogP contribution in [0.15, 0.2) is 0 Å². The Morgan fingerprint density at radius 2 is 2.00 bits per heavy atom. The van der Waals surface area contributed by atoms with Gasteiger partial charge in [-0.2, -0.15) is 11.8 Å². The predicted octanol–water partition coefficient (Wildman–Crippen LogP) is 2.84. The van der Waals surface area contributed by atoms with E-state index < -0.39 is 17.5 Å². The van der Waals surface area contributed by atoms with Crippen LogP contribution in [0.1, 0.15) is 40.5 Å². The van der Waals surface area contributed by atoms with Crippen molar-refractivity contribution in [2.24, 2.45) is 5.92 Å². The molecule has 0 saturated carbocycles. The number of nitrogens with zero attached hydrogens (tertiary/aromatic N) is 1. The van der Waals surface area contributed by atoms with Crippen LogP contribution in [0.4, 0.5) is 4.79 Å². The second-order valence-electron chi connectivity index (χ2n) is 6.21. The van der Waals surface area contributed by atoms with Crippen LogP contribution in [0.3, 0.4) is 0 Å². The third-order valence-corrected chi connectivity index (χ3v) is 4.73. The predicted molar refractivity (Wildman–Crippen MR) is 80.1 cm³/mol. The topological polar surface area (TPSA) is 66.8 Å². The Bertz CT molecular complexity index is 367. The van der Waals surface area contributed by atoms with Gasteiger partial charge in [0.2, 0.25) is 0 Å². The van der Waals surface area contributed by atoms with Gasteiger partial charge in [0.25, 0.3) is 0 Å². The summed E-state index contributed by atoms with van der Waals surface area (Å²) in [5.41, 5.74) is -0.530. The minimum atomic E-state index is -0.819. The molecule has 0 radical (unpaired) electrons. The molecule has 1 rings (SSSR count). The SMILES string of the molecule is CS[C@@H](C1CCCN1C(=O)OC(C)(C)C)[C@@H](C)C(=O)O. The molecular formula is C14H25NO4S. The van der Waals surface area contributed by atoms with Gasteiger partial charge in [-0.05, 0) is 39.9 Å². The first kappa shape index (κ1) is 17.1. The van der Waals surface area contributed by atoms with Gasteiger partial charge >= 0.3 is 12.1 Å². The summed E-state index contributed by atoms with van der Waals surface area (Å²) in [5.74, 6) is -1.31. The lowest BCUT2D eigenvalue weighted by Gasteiger charge is -2.34. The molecule has 1 amide bonds. The van der Waals surface area contributed by atoms with Gasteiger partial charge in [-0.3, -0.25) is 4.79 Å². The average Bonchev–Trinajstić information content (AvgIpc) is 2.76. The smallest absolute Gasteiger partial charge is 0.410 e. The van der Waals surface area contributed by atoms with Gasteiger partial charge in [0.1, 0.15) is 5.60 Å². The number of ether oxygens (including phenoxy) is 1. The van der Waals surface area contributed by atoms with Crippen molar-refractivity contribution in [3.05, 3.63) is 0 Å². The molecule has 1 aliphatic rings. The first-order valence-electron chi connectivity index (χ1n) is 6.92. The zero-order valence-electron chi connectivity index (χ0n) is 12.9. The number of aliphatic carboxylic acids is 1. The molecule has 6 heteroatoms. The standard InChI is InChI=1S/C14H25NO4S/c1-9(12(16)17)11(20-5)10-7-6-8-15(10)13(18)19-14(2,3)4/h9-11H,6-8H2,1-5H3,(H,16,17)/t9-,10?,11-/m1/s1. The molecule has 1 unspecified atom stereocenters. The average molecular weight is 303 g/mol. The van der Waals surface area contributed by atoms with Crippen molar-refractivity contribution in [1.29, 1.82) is 0 Å². The summed E-state index contributed by atoms with van der Waals surface area (Å²) in [7, 11) is 0. The number of rotatable bonds is 4. The maximum Gasteiger partial charge on any atom is 0.410 e. The van der Waals surface area contributed by atoms with E-state index in [1.54, 1.807) is 11.8 Å². The van der Waals surface area contributed by atoms with Crippen molar-refractivity contribution >= 4 is 23.8 Å². The lowest BCUT2D eigenvalue weighted by molar-refractivity contribution is -0.141. The molecule has 116 valence electrons. The maximum atomic E-state index is 12.2. The molecule has 20 heavy (non-hydrogen) atoms. The molecule has 1 N–H and O–H groups in total. The highest BCUT2D eigenvalue weighted by Crippen LogP contribution is 2.32. The van der Waals surface area contributed by atoms with Gasteiger partial charge in [-0.25, -0.2) is 4.79 Å². The number of hydrogen-bond donors (Lipinski definition) is 1.